The fraction of sp³-hybridized carbons (Fsp3) is 0.385. The topological polar surface area (TPSA) is 74.2 Å². The Balaban J connectivity index is 1.79. The van der Waals surface area contributed by atoms with Crippen LogP contribution in [0.1, 0.15) is 12.3 Å². The minimum absolute atomic E-state index is 0.223. The van der Waals surface area contributed by atoms with E-state index in [0.29, 0.717) is 22.5 Å². The van der Waals surface area contributed by atoms with E-state index in [0.717, 1.165) is 23.5 Å². The van der Waals surface area contributed by atoms with Crippen molar-refractivity contribution >= 4 is 23.4 Å². The van der Waals surface area contributed by atoms with E-state index in [1.54, 1.807) is 6.07 Å². The maximum atomic E-state index is 6.26. The van der Waals surface area contributed by atoms with E-state index in [-0.39, 0.29) is 12.6 Å². The predicted octanol–water partition coefficient (Wildman–Crippen LogP) is 2.73. The Morgan fingerprint density at radius 2 is 2.40 bits per heavy atom. The Hall–Kier alpha value is -1.24. The molecule has 0 bridgehead atoms. The van der Waals surface area contributed by atoms with Crippen LogP contribution >= 0.6 is 23.4 Å². The second kappa shape index (κ2) is 6.03. The molecule has 1 aliphatic heterocycles. The first kappa shape index (κ1) is 13.7. The summed E-state index contributed by atoms with van der Waals surface area (Å²) in [6, 6.07) is 5.50. The van der Waals surface area contributed by atoms with Crippen LogP contribution in [0.15, 0.2) is 22.7 Å². The molecule has 106 valence electrons. The van der Waals surface area contributed by atoms with Crippen LogP contribution in [0.4, 0.5) is 0 Å². The molecule has 2 N–H and O–H groups in total. The van der Waals surface area contributed by atoms with Crippen molar-refractivity contribution in [3.05, 3.63) is 29.1 Å². The van der Waals surface area contributed by atoms with Gasteiger partial charge in [0.15, 0.2) is 0 Å². The Bertz CT molecular complexity index is 599. The molecule has 20 heavy (non-hydrogen) atoms. The second-order valence-electron chi connectivity index (χ2n) is 4.46. The van der Waals surface area contributed by atoms with Crippen molar-refractivity contribution < 1.29 is 9.26 Å². The van der Waals surface area contributed by atoms with Gasteiger partial charge in [0, 0.05) is 11.3 Å². The molecule has 1 aromatic heterocycles. The number of benzene rings is 1. The fourth-order valence-electron chi connectivity index (χ4n) is 1.98. The van der Waals surface area contributed by atoms with Crippen LogP contribution in [-0.2, 0) is 6.54 Å². The average molecular weight is 312 g/mol. The number of rotatable bonds is 4. The Kier molecular flexibility index (Phi) is 4.14. The summed E-state index contributed by atoms with van der Waals surface area (Å²) < 4.78 is 10.9. The quantitative estimate of drug-likeness (QED) is 0.936. The predicted molar refractivity (Wildman–Crippen MR) is 79.0 cm³/mol. The largest absolute Gasteiger partial charge is 0.488 e. The number of nitrogens with zero attached hydrogens (tertiary/aromatic N) is 2. The molecule has 3 rings (SSSR count). The zero-order valence-electron chi connectivity index (χ0n) is 10.7. The van der Waals surface area contributed by atoms with E-state index in [9.17, 15) is 0 Å². The summed E-state index contributed by atoms with van der Waals surface area (Å²) in [6.45, 7) is 0.223. The maximum absolute atomic E-state index is 6.26. The first-order valence-electron chi connectivity index (χ1n) is 6.33. The SMILES string of the molecule is NCc1nc(-c2ccc(OC3CCSC3)c(Cl)c2)no1. The molecule has 0 spiro atoms. The van der Waals surface area contributed by atoms with E-state index in [1.165, 1.54) is 0 Å². The van der Waals surface area contributed by atoms with Crippen molar-refractivity contribution in [3.8, 4) is 17.1 Å². The lowest BCUT2D eigenvalue weighted by Crippen LogP contribution is -2.14. The van der Waals surface area contributed by atoms with E-state index in [2.05, 4.69) is 10.1 Å². The van der Waals surface area contributed by atoms with Crippen molar-refractivity contribution in [1.29, 1.82) is 0 Å². The van der Waals surface area contributed by atoms with Gasteiger partial charge in [0.1, 0.15) is 11.9 Å². The zero-order valence-corrected chi connectivity index (χ0v) is 12.3. The molecule has 1 aliphatic rings. The van der Waals surface area contributed by atoms with Gasteiger partial charge in [0.05, 0.1) is 11.6 Å². The lowest BCUT2D eigenvalue weighted by molar-refractivity contribution is 0.229. The lowest BCUT2D eigenvalue weighted by Gasteiger charge is -2.13. The highest BCUT2D eigenvalue weighted by atomic mass is 35.5. The number of thioether (sulfide) groups is 1. The summed E-state index contributed by atoms with van der Waals surface area (Å²) in [5.41, 5.74) is 6.23. The van der Waals surface area contributed by atoms with Gasteiger partial charge in [0.2, 0.25) is 11.7 Å². The highest BCUT2D eigenvalue weighted by molar-refractivity contribution is 7.99. The molecule has 1 aromatic carbocycles. The Morgan fingerprint density at radius 3 is 3.05 bits per heavy atom. The monoisotopic (exact) mass is 311 g/mol. The molecule has 2 heterocycles. The lowest BCUT2D eigenvalue weighted by atomic mass is 10.2. The molecule has 1 atom stereocenters. The summed E-state index contributed by atoms with van der Waals surface area (Å²) >= 11 is 8.16. The first-order chi connectivity index (χ1) is 9.76. The van der Waals surface area contributed by atoms with Crippen LogP contribution < -0.4 is 10.5 Å². The summed E-state index contributed by atoms with van der Waals surface area (Å²) in [5, 5.41) is 4.42. The average Bonchev–Trinajstić information content (AvgIpc) is 3.12. The standard InChI is InChI=1S/C13H14ClN3O2S/c14-10-5-8(13-16-12(6-15)19-17-13)1-2-11(10)18-9-3-4-20-7-9/h1-2,5,9H,3-4,6-7,15H2. The molecule has 0 amide bonds. The molecule has 7 heteroatoms. The highest BCUT2D eigenvalue weighted by Crippen LogP contribution is 2.32. The van der Waals surface area contributed by atoms with Gasteiger partial charge in [-0.3, -0.25) is 0 Å². The van der Waals surface area contributed by atoms with Crippen molar-refractivity contribution in [3.63, 3.8) is 0 Å². The van der Waals surface area contributed by atoms with Gasteiger partial charge in [-0.25, -0.2) is 0 Å². The third kappa shape index (κ3) is 2.92. The number of halogens is 1. The van der Waals surface area contributed by atoms with Gasteiger partial charge < -0.3 is 15.0 Å². The molecular formula is C13H14ClN3O2S. The van der Waals surface area contributed by atoms with E-state index >= 15 is 0 Å². The molecule has 1 unspecified atom stereocenters. The minimum Gasteiger partial charge on any atom is -0.488 e. The Morgan fingerprint density at radius 1 is 1.50 bits per heavy atom. The van der Waals surface area contributed by atoms with Crippen LogP contribution in [0.3, 0.4) is 0 Å². The van der Waals surface area contributed by atoms with Gasteiger partial charge in [-0.2, -0.15) is 16.7 Å². The van der Waals surface area contributed by atoms with Crippen molar-refractivity contribution in [2.75, 3.05) is 11.5 Å². The molecule has 1 fully saturated rings. The number of aromatic nitrogens is 2. The molecule has 5 nitrogen and oxygen atoms in total. The first-order valence-corrected chi connectivity index (χ1v) is 7.86. The molecule has 0 saturated carbocycles. The molecule has 2 aromatic rings. The fourth-order valence-corrected chi connectivity index (χ4v) is 3.29. The van der Waals surface area contributed by atoms with Gasteiger partial charge in [-0.15, -0.1) is 0 Å². The van der Waals surface area contributed by atoms with Crippen LogP contribution in [0.2, 0.25) is 5.02 Å². The molecule has 0 radical (unpaired) electrons. The van der Waals surface area contributed by atoms with Crippen LogP contribution in [0.25, 0.3) is 11.4 Å². The van der Waals surface area contributed by atoms with E-state index in [4.69, 9.17) is 26.6 Å². The van der Waals surface area contributed by atoms with Gasteiger partial charge in [-0.05, 0) is 30.4 Å². The number of hydrogen-bond acceptors (Lipinski definition) is 6. The van der Waals surface area contributed by atoms with Crippen molar-refractivity contribution in [2.45, 2.75) is 19.1 Å². The van der Waals surface area contributed by atoms with E-state index in [1.807, 2.05) is 23.9 Å². The molecule has 1 saturated heterocycles. The summed E-state index contributed by atoms with van der Waals surface area (Å²) in [5.74, 6) is 3.74. The third-order valence-corrected chi connectivity index (χ3v) is 4.44. The molecule has 0 aliphatic carbocycles. The maximum Gasteiger partial charge on any atom is 0.240 e. The van der Waals surface area contributed by atoms with Gasteiger partial charge in [-0.1, -0.05) is 16.8 Å². The van der Waals surface area contributed by atoms with Crippen LogP contribution in [0, 0.1) is 0 Å². The summed E-state index contributed by atoms with van der Waals surface area (Å²) in [4.78, 5) is 4.17. The van der Waals surface area contributed by atoms with Crippen LogP contribution in [0.5, 0.6) is 5.75 Å². The van der Waals surface area contributed by atoms with Crippen molar-refractivity contribution in [1.82, 2.24) is 10.1 Å². The van der Waals surface area contributed by atoms with Crippen molar-refractivity contribution in [2.24, 2.45) is 5.73 Å². The van der Waals surface area contributed by atoms with Gasteiger partial charge >= 0.3 is 0 Å². The summed E-state index contributed by atoms with van der Waals surface area (Å²) in [6.07, 6.45) is 1.31. The molecular weight excluding hydrogens is 298 g/mol. The van der Waals surface area contributed by atoms with E-state index < -0.39 is 0 Å². The Labute approximate surface area is 125 Å². The minimum atomic E-state index is 0.223. The third-order valence-electron chi connectivity index (χ3n) is 3.01. The number of ether oxygens (including phenoxy) is 1. The highest BCUT2D eigenvalue weighted by Gasteiger charge is 2.18. The number of hydrogen-bond donors (Lipinski definition) is 1. The van der Waals surface area contributed by atoms with Gasteiger partial charge in [0.25, 0.3) is 0 Å². The number of nitrogens with two attached hydrogens (primary N) is 1. The van der Waals surface area contributed by atoms with Crippen LogP contribution in [-0.4, -0.2) is 27.8 Å². The smallest absolute Gasteiger partial charge is 0.240 e. The second-order valence-corrected chi connectivity index (χ2v) is 6.02. The zero-order chi connectivity index (χ0) is 13.9. The summed E-state index contributed by atoms with van der Waals surface area (Å²) in [7, 11) is 0. The normalized spacial score (nSPS) is 18.4.